The van der Waals surface area contributed by atoms with Crippen molar-refractivity contribution >= 4 is 39.8 Å². The number of hydrogen-bond donors (Lipinski definition) is 2. The Kier molecular flexibility index (Phi) is 3.53. The Morgan fingerprint density at radius 1 is 0.920 bits per heavy atom. The average Bonchev–Trinajstić information content (AvgIpc) is 2.61. The Bertz CT molecular complexity index is 932. The number of anilines is 7. The molecule has 0 amide bonds. The van der Waals surface area contributed by atoms with Gasteiger partial charge in [0.2, 0.25) is 0 Å². The van der Waals surface area contributed by atoms with Crippen molar-refractivity contribution in [1.82, 2.24) is 0 Å². The van der Waals surface area contributed by atoms with Crippen LogP contribution < -0.4 is 20.9 Å². The number of aryl methyl sites for hydroxylation is 1. The molecule has 0 aromatic heterocycles. The minimum absolute atomic E-state index is 0.796. The van der Waals surface area contributed by atoms with Crippen LogP contribution in [0.3, 0.4) is 0 Å². The lowest BCUT2D eigenvalue weighted by molar-refractivity contribution is 1.12. The Morgan fingerprint density at radius 3 is 2.40 bits per heavy atom. The second-order valence-electron chi connectivity index (χ2n) is 6.59. The van der Waals surface area contributed by atoms with Crippen molar-refractivity contribution in [3.63, 3.8) is 0 Å². The normalized spacial score (nSPS) is 12.2. The van der Waals surface area contributed by atoms with Crippen LogP contribution in [0.1, 0.15) is 5.56 Å². The first-order chi connectivity index (χ1) is 12.1. The van der Waals surface area contributed by atoms with Crippen LogP contribution in [0.15, 0.2) is 60.7 Å². The van der Waals surface area contributed by atoms with Crippen molar-refractivity contribution in [2.24, 2.45) is 0 Å². The first-order valence-electron chi connectivity index (χ1n) is 8.39. The maximum absolute atomic E-state index is 6.18. The molecule has 0 fully saturated rings. The third-order valence-electron chi connectivity index (χ3n) is 4.64. The summed E-state index contributed by atoms with van der Waals surface area (Å²) in [4.78, 5) is 4.41. The Hall–Kier alpha value is -3.14. The molecule has 4 rings (SSSR count). The third-order valence-corrected chi connectivity index (χ3v) is 4.64. The van der Waals surface area contributed by atoms with Crippen LogP contribution in [-0.4, -0.2) is 14.1 Å². The van der Waals surface area contributed by atoms with Gasteiger partial charge in [-0.3, -0.25) is 0 Å². The maximum Gasteiger partial charge on any atom is 0.0867 e. The van der Waals surface area contributed by atoms with Gasteiger partial charge in [-0.15, -0.1) is 0 Å². The fraction of sp³-hybridized carbons (Fsp3) is 0.143. The van der Waals surface area contributed by atoms with E-state index in [0.29, 0.717) is 0 Å². The van der Waals surface area contributed by atoms with Crippen LogP contribution in [0, 0.1) is 6.92 Å². The molecule has 25 heavy (non-hydrogen) atoms. The topological polar surface area (TPSA) is 44.5 Å². The Morgan fingerprint density at radius 2 is 1.68 bits per heavy atom. The molecule has 3 aromatic carbocycles. The molecule has 0 radical (unpaired) electrons. The van der Waals surface area contributed by atoms with E-state index < -0.39 is 0 Å². The molecule has 0 saturated heterocycles. The largest absolute Gasteiger partial charge is 0.398 e. The van der Waals surface area contributed by atoms with Gasteiger partial charge in [0, 0.05) is 25.5 Å². The summed E-state index contributed by atoms with van der Waals surface area (Å²) in [6.45, 7) is 2.05. The molecule has 3 N–H and O–H groups in total. The molecule has 126 valence electrons. The van der Waals surface area contributed by atoms with E-state index in [2.05, 4.69) is 77.7 Å². The number of nitrogens with one attached hydrogen (secondary N) is 1. The third kappa shape index (κ3) is 2.47. The number of nitrogen functional groups attached to an aromatic ring is 1. The number of nitrogens with two attached hydrogens (primary N) is 1. The predicted molar refractivity (Wildman–Crippen MR) is 108 cm³/mol. The average molecular weight is 330 g/mol. The minimum Gasteiger partial charge on any atom is -0.398 e. The van der Waals surface area contributed by atoms with Gasteiger partial charge in [-0.1, -0.05) is 24.3 Å². The molecule has 3 aromatic rings. The summed E-state index contributed by atoms with van der Waals surface area (Å²) in [5.74, 6) is 0. The van der Waals surface area contributed by atoms with E-state index in [9.17, 15) is 0 Å². The molecule has 1 aliphatic rings. The molecular formula is C21H22N4. The summed E-state index contributed by atoms with van der Waals surface area (Å²) in [6, 6.07) is 21.0. The van der Waals surface area contributed by atoms with E-state index in [4.69, 9.17) is 5.73 Å². The highest BCUT2D eigenvalue weighted by molar-refractivity contribution is 6.02. The van der Waals surface area contributed by atoms with Gasteiger partial charge in [0.15, 0.2) is 0 Å². The fourth-order valence-corrected chi connectivity index (χ4v) is 3.33. The Balaban J connectivity index is 2.01. The van der Waals surface area contributed by atoms with Crippen LogP contribution in [-0.2, 0) is 0 Å². The van der Waals surface area contributed by atoms with Crippen LogP contribution in [0.5, 0.6) is 0 Å². The van der Waals surface area contributed by atoms with Gasteiger partial charge >= 0.3 is 0 Å². The van der Waals surface area contributed by atoms with Gasteiger partial charge in [-0.25, -0.2) is 0 Å². The predicted octanol–water partition coefficient (Wildman–Crippen LogP) is 5.17. The van der Waals surface area contributed by atoms with Gasteiger partial charge in [0.1, 0.15) is 0 Å². The lowest BCUT2D eigenvalue weighted by atomic mass is 10.0. The molecule has 0 atom stereocenters. The summed E-state index contributed by atoms with van der Waals surface area (Å²) in [6.07, 6.45) is 0. The number of para-hydroxylation sites is 2. The van der Waals surface area contributed by atoms with E-state index in [-0.39, 0.29) is 0 Å². The quantitative estimate of drug-likeness (QED) is 0.498. The highest BCUT2D eigenvalue weighted by Crippen LogP contribution is 2.51. The first-order valence-corrected chi connectivity index (χ1v) is 8.39. The smallest absolute Gasteiger partial charge is 0.0867 e. The highest BCUT2D eigenvalue weighted by Gasteiger charge is 2.26. The Labute approximate surface area is 148 Å². The minimum atomic E-state index is 0.796. The molecule has 0 unspecified atom stereocenters. The first kappa shape index (κ1) is 15.4. The summed E-state index contributed by atoms with van der Waals surface area (Å²) in [5, 5.41) is 3.59. The zero-order valence-corrected chi connectivity index (χ0v) is 14.7. The summed E-state index contributed by atoms with van der Waals surface area (Å²) >= 11 is 0. The standard InChI is InChI=1S/C21H22N4/c1-14-12-20-17(13-16(14)22)23-21-18(24(2)3)10-7-11-19(21)25(20)15-8-5-4-6-9-15/h4-13,23H,22H2,1-3H3. The van der Waals surface area contributed by atoms with E-state index >= 15 is 0 Å². The van der Waals surface area contributed by atoms with Crippen molar-refractivity contribution in [1.29, 1.82) is 0 Å². The molecule has 0 aliphatic carbocycles. The molecule has 1 heterocycles. The number of hydrogen-bond acceptors (Lipinski definition) is 4. The van der Waals surface area contributed by atoms with Crippen molar-refractivity contribution in [3.8, 4) is 0 Å². The van der Waals surface area contributed by atoms with Gasteiger partial charge in [-0.05, 0) is 48.9 Å². The molecule has 0 saturated carbocycles. The van der Waals surface area contributed by atoms with Crippen molar-refractivity contribution in [2.75, 3.05) is 34.9 Å². The SMILES string of the molecule is Cc1cc2c(cc1N)Nc1c(N(C)C)cccc1N2c1ccccc1. The second kappa shape index (κ2) is 5.74. The van der Waals surface area contributed by atoms with E-state index in [1.165, 1.54) is 0 Å². The molecule has 0 bridgehead atoms. The number of nitrogens with zero attached hydrogens (tertiary/aromatic N) is 2. The van der Waals surface area contributed by atoms with Gasteiger partial charge in [-0.2, -0.15) is 0 Å². The van der Waals surface area contributed by atoms with E-state index in [0.717, 1.165) is 45.4 Å². The lowest BCUT2D eigenvalue weighted by Crippen LogP contribution is -2.21. The number of benzene rings is 3. The van der Waals surface area contributed by atoms with Crippen molar-refractivity contribution in [2.45, 2.75) is 6.92 Å². The van der Waals surface area contributed by atoms with Crippen LogP contribution in [0.25, 0.3) is 0 Å². The van der Waals surface area contributed by atoms with Crippen LogP contribution in [0.2, 0.25) is 0 Å². The zero-order chi connectivity index (χ0) is 17.6. The molecule has 1 aliphatic heterocycles. The van der Waals surface area contributed by atoms with Gasteiger partial charge in [0.05, 0.1) is 28.4 Å². The second-order valence-corrected chi connectivity index (χ2v) is 6.59. The molecule has 4 nitrogen and oxygen atoms in total. The lowest BCUT2D eigenvalue weighted by Gasteiger charge is -2.36. The highest BCUT2D eigenvalue weighted by atomic mass is 15.2. The van der Waals surface area contributed by atoms with Crippen LogP contribution in [0.4, 0.5) is 39.8 Å². The van der Waals surface area contributed by atoms with E-state index in [1.54, 1.807) is 0 Å². The maximum atomic E-state index is 6.18. The van der Waals surface area contributed by atoms with Gasteiger partial charge < -0.3 is 20.9 Å². The zero-order valence-electron chi connectivity index (χ0n) is 14.7. The monoisotopic (exact) mass is 330 g/mol. The van der Waals surface area contributed by atoms with Crippen LogP contribution >= 0.6 is 0 Å². The summed E-state index contributed by atoms with van der Waals surface area (Å²) < 4.78 is 0. The summed E-state index contributed by atoms with van der Waals surface area (Å²) in [7, 11) is 4.12. The van der Waals surface area contributed by atoms with Crippen molar-refractivity contribution < 1.29 is 0 Å². The molecule has 4 heteroatoms. The summed E-state index contributed by atoms with van der Waals surface area (Å²) in [5.41, 5.74) is 14.7. The number of fused-ring (bicyclic) bond motifs is 2. The fourth-order valence-electron chi connectivity index (χ4n) is 3.33. The van der Waals surface area contributed by atoms with E-state index in [1.807, 2.05) is 19.1 Å². The molecule has 0 spiro atoms. The number of rotatable bonds is 2. The van der Waals surface area contributed by atoms with Crippen molar-refractivity contribution in [3.05, 3.63) is 66.2 Å². The molecular weight excluding hydrogens is 308 g/mol. The van der Waals surface area contributed by atoms with Gasteiger partial charge in [0.25, 0.3) is 0 Å².